The molecule has 0 bridgehead atoms. The van der Waals surface area contributed by atoms with Crippen LogP contribution in [0.25, 0.3) is 0 Å². The van der Waals surface area contributed by atoms with E-state index in [1.807, 2.05) is 13.1 Å². The van der Waals surface area contributed by atoms with Gasteiger partial charge in [-0.15, -0.1) is 0 Å². The van der Waals surface area contributed by atoms with Crippen LogP contribution in [-0.2, 0) is 18.4 Å². The fourth-order valence-corrected chi connectivity index (χ4v) is 1.94. The molecule has 0 saturated carbocycles. The molecule has 0 radical (unpaired) electrons. The summed E-state index contributed by atoms with van der Waals surface area (Å²) in [5.41, 5.74) is 1.57. The van der Waals surface area contributed by atoms with E-state index in [0.717, 1.165) is 5.69 Å². The highest BCUT2D eigenvalue weighted by Gasteiger charge is 2.13. The quantitative estimate of drug-likeness (QED) is 0.883. The maximum Gasteiger partial charge on any atom is 0.223 e. The molecule has 1 aromatic heterocycles. The van der Waals surface area contributed by atoms with Gasteiger partial charge in [0, 0.05) is 18.3 Å². The molecule has 1 heterocycles. The van der Waals surface area contributed by atoms with Gasteiger partial charge in [0.05, 0.1) is 24.8 Å². The maximum absolute atomic E-state index is 11.8. The molecule has 0 fully saturated rings. The van der Waals surface area contributed by atoms with Crippen molar-refractivity contribution in [3.8, 4) is 0 Å². The minimum atomic E-state index is -0.834. The first-order chi connectivity index (χ1) is 9.56. The van der Waals surface area contributed by atoms with E-state index in [1.54, 1.807) is 35.1 Å². The van der Waals surface area contributed by atoms with Crippen LogP contribution in [0.2, 0.25) is 5.02 Å². The molecule has 106 valence electrons. The number of hydrogen-bond donors (Lipinski definition) is 2. The molecule has 2 rings (SSSR count). The molecule has 6 heteroatoms. The van der Waals surface area contributed by atoms with Gasteiger partial charge >= 0.3 is 0 Å². The van der Waals surface area contributed by atoms with Gasteiger partial charge in [0.15, 0.2) is 0 Å². The molecule has 0 aliphatic heterocycles. The van der Waals surface area contributed by atoms with Crippen molar-refractivity contribution in [2.24, 2.45) is 7.05 Å². The smallest absolute Gasteiger partial charge is 0.223 e. The molecular formula is C14H16ClN3O2. The summed E-state index contributed by atoms with van der Waals surface area (Å²) < 4.78 is 1.69. The van der Waals surface area contributed by atoms with Gasteiger partial charge in [0.1, 0.15) is 0 Å². The van der Waals surface area contributed by atoms with Crippen LogP contribution < -0.4 is 5.32 Å². The number of aliphatic hydroxyl groups excluding tert-OH is 1. The number of carbonyl (C=O) groups is 1. The Balaban J connectivity index is 1.85. The van der Waals surface area contributed by atoms with E-state index in [9.17, 15) is 9.90 Å². The van der Waals surface area contributed by atoms with Crippen molar-refractivity contribution in [2.75, 3.05) is 0 Å². The third kappa shape index (κ3) is 3.82. The van der Waals surface area contributed by atoms with Gasteiger partial charge in [0.25, 0.3) is 0 Å². The van der Waals surface area contributed by atoms with Crippen LogP contribution in [0.15, 0.2) is 36.5 Å². The zero-order chi connectivity index (χ0) is 14.5. The predicted molar refractivity (Wildman–Crippen MR) is 76.1 cm³/mol. The van der Waals surface area contributed by atoms with Gasteiger partial charge < -0.3 is 10.4 Å². The van der Waals surface area contributed by atoms with Crippen molar-refractivity contribution in [1.29, 1.82) is 0 Å². The SMILES string of the molecule is Cn1nccc1CNC(=O)CC(O)c1ccc(Cl)cc1. The third-order valence-corrected chi connectivity index (χ3v) is 3.27. The fourth-order valence-electron chi connectivity index (χ4n) is 1.81. The molecule has 0 saturated heterocycles. The number of aromatic nitrogens is 2. The molecule has 2 aromatic rings. The van der Waals surface area contributed by atoms with Gasteiger partial charge in [-0.1, -0.05) is 23.7 Å². The zero-order valence-corrected chi connectivity index (χ0v) is 11.8. The Labute approximate surface area is 122 Å². The van der Waals surface area contributed by atoms with E-state index in [2.05, 4.69) is 10.4 Å². The van der Waals surface area contributed by atoms with Crippen LogP contribution in [0.5, 0.6) is 0 Å². The number of aryl methyl sites for hydroxylation is 1. The summed E-state index contributed by atoms with van der Waals surface area (Å²) in [5.74, 6) is -0.214. The second-order valence-corrected chi connectivity index (χ2v) is 4.93. The van der Waals surface area contributed by atoms with E-state index in [1.165, 1.54) is 0 Å². The molecule has 1 unspecified atom stereocenters. The molecule has 1 amide bonds. The van der Waals surface area contributed by atoms with Crippen LogP contribution >= 0.6 is 11.6 Å². The lowest BCUT2D eigenvalue weighted by Crippen LogP contribution is -2.25. The Bertz CT molecular complexity index is 580. The van der Waals surface area contributed by atoms with Crippen LogP contribution in [0.4, 0.5) is 0 Å². The second-order valence-electron chi connectivity index (χ2n) is 4.49. The van der Waals surface area contributed by atoms with Crippen LogP contribution in [-0.4, -0.2) is 20.8 Å². The highest BCUT2D eigenvalue weighted by atomic mass is 35.5. The first-order valence-electron chi connectivity index (χ1n) is 6.23. The molecule has 2 N–H and O–H groups in total. The van der Waals surface area contributed by atoms with Gasteiger partial charge in [-0.25, -0.2) is 0 Å². The van der Waals surface area contributed by atoms with Crippen LogP contribution in [0, 0.1) is 0 Å². The molecule has 0 aliphatic carbocycles. The standard InChI is InChI=1S/C14H16ClN3O2/c1-18-12(6-7-17-18)9-16-14(20)8-13(19)10-2-4-11(15)5-3-10/h2-7,13,19H,8-9H2,1H3,(H,16,20). The topological polar surface area (TPSA) is 67.2 Å². The van der Waals surface area contributed by atoms with Crippen LogP contribution in [0.3, 0.4) is 0 Å². The summed E-state index contributed by atoms with van der Waals surface area (Å²) in [4.78, 5) is 11.8. The number of halogens is 1. The van der Waals surface area contributed by atoms with Gasteiger partial charge in [0.2, 0.25) is 5.91 Å². The summed E-state index contributed by atoms with van der Waals surface area (Å²) in [6.45, 7) is 0.392. The fraction of sp³-hybridized carbons (Fsp3) is 0.286. The average molecular weight is 294 g/mol. The van der Waals surface area contributed by atoms with Crippen LogP contribution in [0.1, 0.15) is 23.8 Å². The second kappa shape index (κ2) is 6.54. The lowest BCUT2D eigenvalue weighted by molar-refractivity contribution is -0.123. The average Bonchev–Trinajstić information content (AvgIpc) is 2.82. The van der Waals surface area contributed by atoms with Crippen molar-refractivity contribution in [1.82, 2.24) is 15.1 Å². The lowest BCUT2D eigenvalue weighted by atomic mass is 10.1. The number of nitrogens with one attached hydrogen (secondary N) is 1. The number of benzene rings is 1. The van der Waals surface area contributed by atoms with Crippen molar-refractivity contribution >= 4 is 17.5 Å². The molecule has 20 heavy (non-hydrogen) atoms. The highest BCUT2D eigenvalue weighted by Crippen LogP contribution is 2.18. The minimum absolute atomic E-state index is 0.0134. The van der Waals surface area contributed by atoms with E-state index >= 15 is 0 Å². The summed E-state index contributed by atoms with van der Waals surface area (Å²) >= 11 is 5.77. The molecule has 0 spiro atoms. The van der Waals surface area contributed by atoms with Gasteiger partial charge in [-0.05, 0) is 23.8 Å². The summed E-state index contributed by atoms with van der Waals surface area (Å²) in [7, 11) is 1.81. The first kappa shape index (κ1) is 14.6. The Morgan fingerprint density at radius 3 is 2.70 bits per heavy atom. The molecule has 1 aromatic carbocycles. The highest BCUT2D eigenvalue weighted by molar-refractivity contribution is 6.30. The third-order valence-electron chi connectivity index (χ3n) is 3.02. The Morgan fingerprint density at radius 1 is 1.40 bits per heavy atom. The largest absolute Gasteiger partial charge is 0.388 e. The van der Waals surface area contributed by atoms with Crippen molar-refractivity contribution in [3.05, 3.63) is 52.8 Å². The zero-order valence-electron chi connectivity index (χ0n) is 11.1. The predicted octanol–water partition coefficient (Wildman–Crippen LogP) is 1.81. The lowest BCUT2D eigenvalue weighted by Gasteiger charge is -2.11. The Morgan fingerprint density at radius 2 is 2.10 bits per heavy atom. The molecule has 1 atom stereocenters. The normalized spacial score (nSPS) is 12.2. The molecule has 0 aliphatic rings. The van der Waals surface area contributed by atoms with Crippen molar-refractivity contribution in [2.45, 2.75) is 19.1 Å². The van der Waals surface area contributed by atoms with Crippen molar-refractivity contribution < 1.29 is 9.90 Å². The maximum atomic E-state index is 11.8. The Hall–Kier alpha value is -1.85. The van der Waals surface area contributed by atoms with E-state index in [4.69, 9.17) is 11.6 Å². The number of carbonyl (C=O) groups excluding carboxylic acids is 1. The van der Waals surface area contributed by atoms with Gasteiger partial charge in [-0.2, -0.15) is 5.10 Å². The number of nitrogens with zero attached hydrogens (tertiary/aromatic N) is 2. The number of rotatable bonds is 5. The van der Waals surface area contributed by atoms with Gasteiger partial charge in [-0.3, -0.25) is 9.48 Å². The summed E-state index contributed by atoms with van der Waals surface area (Å²) in [6, 6.07) is 8.62. The van der Waals surface area contributed by atoms with E-state index in [-0.39, 0.29) is 12.3 Å². The van der Waals surface area contributed by atoms with E-state index < -0.39 is 6.10 Å². The molecular weight excluding hydrogens is 278 g/mol. The van der Waals surface area contributed by atoms with E-state index in [0.29, 0.717) is 17.1 Å². The number of hydrogen-bond acceptors (Lipinski definition) is 3. The number of aliphatic hydroxyl groups is 1. The summed E-state index contributed by atoms with van der Waals surface area (Å²) in [6.07, 6.45) is 0.850. The first-order valence-corrected chi connectivity index (χ1v) is 6.61. The van der Waals surface area contributed by atoms with Crippen molar-refractivity contribution in [3.63, 3.8) is 0 Å². The summed E-state index contributed by atoms with van der Waals surface area (Å²) in [5, 5.41) is 17.3. The molecule has 5 nitrogen and oxygen atoms in total. The Kier molecular flexibility index (Phi) is 4.76. The number of amides is 1. The minimum Gasteiger partial charge on any atom is -0.388 e. The monoisotopic (exact) mass is 293 g/mol.